The van der Waals surface area contributed by atoms with Crippen LogP contribution in [0, 0.1) is 5.92 Å². The van der Waals surface area contributed by atoms with Gasteiger partial charge in [-0.25, -0.2) is 0 Å². The molecule has 0 saturated heterocycles. The summed E-state index contributed by atoms with van der Waals surface area (Å²) in [6.45, 7) is 4.26. The third-order valence-corrected chi connectivity index (χ3v) is 4.37. The number of methoxy groups -OCH3 is 2. The van der Waals surface area contributed by atoms with E-state index >= 15 is 0 Å². The van der Waals surface area contributed by atoms with Gasteiger partial charge in [0.15, 0.2) is 0 Å². The molecule has 0 heterocycles. The second-order valence-electron chi connectivity index (χ2n) is 3.80. The van der Waals surface area contributed by atoms with Crippen molar-refractivity contribution in [1.29, 1.82) is 0 Å². The molecule has 3 nitrogen and oxygen atoms in total. The topological polar surface area (TPSA) is 35.5 Å². The van der Waals surface area contributed by atoms with Crippen molar-refractivity contribution in [3.05, 3.63) is 0 Å². The maximum Gasteiger partial charge on any atom is 0.136 e. The van der Waals surface area contributed by atoms with Crippen molar-refractivity contribution < 1.29 is 14.0 Å². The van der Waals surface area contributed by atoms with E-state index in [2.05, 4.69) is 13.8 Å². The Morgan fingerprint density at radius 3 is 1.92 bits per heavy atom. The van der Waals surface area contributed by atoms with E-state index in [4.69, 9.17) is 9.47 Å². The minimum atomic E-state index is -2.22. The van der Waals surface area contributed by atoms with Gasteiger partial charge in [0.2, 0.25) is 0 Å². The second-order valence-corrected chi connectivity index (χ2v) is 6.88. The van der Waals surface area contributed by atoms with E-state index in [1.165, 1.54) is 0 Å². The molecule has 0 aromatic heterocycles. The van der Waals surface area contributed by atoms with Crippen molar-refractivity contribution in [3.8, 4) is 0 Å². The Morgan fingerprint density at radius 1 is 1.15 bits per heavy atom. The molecule has 0 N–H and O–H groups in total. The molecule has 0 amide bonds. The molecule has 0 fully saturated rings. The summed E-state index contributed by atoms with van der Waals surface area (Å²) in [6.07, 6.45) is 2.39. The first-order valence-corrected chi connectivity index (χ1v) is 6.85. The zero-order valence-corrected chi connectivity index (χ0v) is 9.97. The first kappa shape index (κ1) is 13.2. The standard InChI is InChI=1S/C9H21O3P/c1-9(2)5-6-13(10,7-11-3)8-12-4/h9H,5-8H2,1-4H3. The van der Waals surface area contributed by atoms with Gasteiger partial charge < -0.3 is 14.0 Å². The maximum absolute atomic E-state index is 12.1. The lowest BCUT2D eigenvalue weighted by Gasteiger charge is -2.17. The number of rotatable bonds is 7. The quantitative estimate of drug-likeness (QED) is 0.603. The zero-order chi connectivity index (χ0) is 10.3. The highest BCUT2D eigenvalue weighted by molar-refractivity contribution is 7.63. The molecule has 0 unspecified atom stereocenters. The fraction of sp³-hybridized carbons (Fsp3) is 1.00. The van der Waals surface area contributed by atoms with Gasteiger partial charge in [-0.05, 0) is 12.3 Å². The van der Waals surface area contributed by atoms with E-state index < -0.39 is 7.14 Å². The molecule has 0 bridgehead atoms. The summed E-state index contributed by atoms with van der Waals surface area (Å²) in [4.78, 5) is 0. The van der Waals surface area contributed by atoms with Crippen molar-refractivity contribution in [2.45, 2.75) is 20.3 Å². The average molecular weight is 208 g/mol. The van der Waals surface area contributed by atoms with Crippen molar-refractivity contribution in [3.63, 3.8) is 0 Å². The van der Waals surface area contributed by atoms with Gasteiger partial charge in [0.25, 0.3) is 0 Å². The van der Waals surface area contributed by atoms with Crippen LogP contribution in [0.25, 0.3) is 0 Å². The van der Waals surface area contributed by atoms with Crippen LogP contribution in [-0.4, -0.2) is 33.1 Å². The fourth-order valence-electron chi connectivity index (χ4n) is 1.13. The van der Waals surface area contributed by atoms with Crippen LogP contribution in [0.3, 0.4) is 0 Å². The van der Waals surface area contributed by atoms with Crippen molar-refractivity contribution in [1.82, 2.24) is 0 Å². The van der Waals surface area contributed by atoms with E-state index in [0.29, 0.717) is 18.6 Å². The Balaban J connectivity index is 3.99. The van der Waals surface area contributed by atoms with Crippen LogP contribution in [0.15, 0.2) is 0 Å². The summed E-state index contributed by atoms with van der Waals surface area (Å²) in [5.74, 6) is 0.585. The molecule has 0 aromatic carbocycles. The fourth-order valence-corrected chi connectivity index (χ4v) is 3.39. The Hall–Kier alpha value is 0.150. The molecular weight excluding hydrogens is 187 g/mol. The third kappa shape index (κ3) is 6.25. The van der Waals surface area contributed by atoms with Crippen LogP contribution in [0.2, 0.25) is 0 Å². The van der Waals surface area contributed by atoms with Gasteiger partial charge in [-0.2, -0.15) is 0 Å². The van der Waals surface area contributed by atoms with E-state index in [1.807, 2.05) is 0 Å². The van der Waals surface area contributed by atoms with Gasteiger partial charge >= 0.3 is 0 Å². The van der Waals surface area contributed by atoms with Gasteiger partial charge in [0, 0.05) is 20.4 Å². The molecule has 0 radical (unpaired) electrons. The summed E-state index contributed by atoms with van der Waals surface area (Å²) < 4.78 is 22.0. The Labute approximate surface area is 81.2 Å². The summed E-state index contributed by atoms with van der Waals surface area (Å²) in [5, 5.41) is 0. The van der Waals surface area contributed by atoms with Crippen molar-refractivity contribution in [2.75, 3.05) is 33.1 Å². The molecule has 0 atom stereocenters. The number of ether oxygens (including phenoxy) is 2. The van der Waals surface area contributed by atoms with E-state index in [9.17, 15) is 4.57 Å². The maximum atomic E-state index is 12.1. The van der Waals surface area contributed by atoms with Crippen molar-refractivity contribution in [2.24, 2.45) is 5.92 Å². The third-order valence-electron chi connectivity index (χ3n) is 1.84. The largest absolute Gasteiger partial charge is 0.377 e. The SMILES string of the molecule is COCP(=O)(CCC(C)C)COC. The predicted molar refractivity (Wildman–Crippen MR) is 55.7 cm³/mol. The van der Waals surface area contributed by atoms with Gasteiger partial charge in [0.05, 0.1) is 0 Å². The Kier molecular flexibility index (Phi) is 6.66. The number of hydrogen-bond acceptors (Lipinski definition) is 3. The second kappa shape index (κ2) is 6.58. The summed E-state index contributed by atoms with van der Waals surface area (Å²) in [7, 11) is 0.944. The Bertz CT molecular complexity index is 158. The van der Waals surface area contributed by atoms with Crippen LogP contribution < -0.4 is 0 Å². The molecule has 0 aromatic rings. The normalized spacial score (nSPS) is 12.4. The molecule has 0 rings (SSSR count). The summed E-state index contributed by atoms with van der Waals surface area (Å²) in [6, 6.07) is 0. The molecule has 0 aliphatic carbocycles. The highest BCUT2D eigenvalue weighted by atomic mass is 31.2. The smallest absolute Gasteiger partial charge is 0.136 e. The van der Waals surface area contributed by atoms with Gasteiger partial charge in [0.1, 0.15) is 19.8 Å². The molecule has 0 aliphatic heterocycles. The van der Waals surface area contributed by atoms with Gasteiger partial charge in [-0.1, -0.05) is 13.8 Å². The van der Waals surface area contributed by atoms with Gasteiger partial charge in [-0.15, -0.1) is 0 Å². The minimum absolute atomic E-state index is 0.341. The van der Waals surface area contributed by atoms with Crippen LogP contribution >= 0.6 is 7.14 Å². The highest BCUT2D eigenvalue weighted by Crippen LogP contribution is 2.46. The number of hydrogen-bond donors (Lipinski definition) is 0. The van der Waals surface area contributed by atoms with Crippen molar-refractivity contribution >= 4 is 7.14 Å². The van der Waals surface area contributed by atoms with Crippen LogP contribution in [-0.2, 0) is 14.0 Å². The van der Waals surface area contributed by atoms with E-state index in [0.717, 1.165) is 12.6 Å². The lowest BCUT2D eigenvalue weighted by Crippen LogP contribution is -2.05. The molecule has 80 valence electrons. The molecule has 4 heteroatoms. The first-order chi connectivity index (χ1) is 6.04. The van der Waals surface area contributed by atoms with Gasteiger partial charge in [-0.3, -0.25) is 0 Å². The van der Waals surface area contributed by atoms with Crippen LogP contribution in [0.4, 0.5) is 0 Å². The molecular formula is C9H21O3P. The summed E-state index contributed by atoms with van der Waals surface area (Å²) >= 11 is 0. The molecule has 0 saturated carbocycles. The summed E-state index contributed by atoms with van der Waals surface area (Å²) in [5.41, 5.74) is 0. The predicted octanol–water partition coefficient (Wildman–Crippen LogP) is 2.60. The highest BCUT2D eigenvalue weighted by Gasteiger charge is 2.21. The lowest BCUT2D eigenvalue weighted by molar-refractivity contribution is 0.223. The first-order valence-electron chi connectivity index (χ1n) is 4.59. The Morgan fingerprint density at radius 2 is 1.62 bits per heavy atom. The minimum Gasteiger partial charge on any atom is -0.377 e. The van der Waals surface area contributed by atoms with Crippen LogP contribution in [0.5, 0.6) is 0 Å². The average Bonchev–Trinajstić information content (AvgIpc) is 2.02. The molecule has 0 aliphatic rings. The molecule has 0 spiro atoms. The monoisotopic (exact) mass is 208 g/mol. The van der Waals surface area contributed by atoms with E-state index in [1.54, 1.807) is 14.2 Å². The lowest BCUT2D eigenvalue weighted by atomic mass is 10.2. The zero-order valence-electron chi connectivity index (χ0n) is 9.08. The van der Waals surface area contributed by atoms with E-state index in [-0.39, 0.29) is 0 Å². The molecule has 13 heavy (non-hydrogen) atoms. The van der Waals surface area contributed by atoms with Crippen LogP contribution in [0.1, 0.15) is 20.3 Å².